The van der Waals surface area contributed by atoms with Gasteiger partial charge in [0.1, 0.15) is 23.7 Å². The fourth-order valence-corrected chi connectivity index (χ4v) is 3.91. The highest BCUT2D eigenvalue weighted by Gasteiger charge is 2.32. The number of allylic oxidation sites excluding steroid dienone is 2. The second kappa shape index (κ2) is 7.04. The molecule has 0 amide bonds. The molecule has 0 bridgehead atoms. The molecule has 134 valence electrons. The lowest BCUT2D eigenvalue weighted by Gasteiger charge is -2.15. The van der Waals surface area contributed by atoms with E-state index in [2.05, 4.69) is 6.08 Å². The third kappa shape index (κ3) is 3.11. The van der Waals surface area contributed by atoms with Crippen molar-refractivity contribution >= 4 is 23.2 Å². The first kappa shape index (κ1) is 17.7. The molecule has 1 aromatic rings. The van der Waals surface area contributed by atoms with Gasteiger partial charge in [0, 0.05) is 17.0 Å². The molecule has 1 aliphatic heterocycles. The second-order valence-electron chi connectivity index (χ2n) is 6.44. The number of rotatable bonds is 4. The molecule has 0 unspecified atom stereocenters. The van der Waals surface area contributed by atoms with E-state index in [1.807, 2.05) is 6.92 Å². The Bertz CT molecular complexity index is 766. The number of phenolic OH excluding ortho intramolecular Hbond substituents is 1. The zero-order valence-electron chi connectivity index (χ0n) is 14.7. The average molecular weight is 362 g/mol. The Balaban J connectivity index is 1.90. The Morgan fingerprint density at radius 1 is 1.44 bits per heavy atom. The van der Waals surface area contributed by atoms with Crippen molar-refractivity contribution < 1.29 is 24.1 Å². The first-order valence-electron chi connectivity index (χ1n) is 8.32. The number of cyclic esters (lactones) is 1. The number of phenols is 1. The Kier molecular flexibility index (Phi) is 4.99. The van der Waals surface area contributed by atoms with E-state index in [9.17, 15) is 9.90 Å². The van der Waals surface area contributed by atoms with Crippen LogP contribution in [0.15, 0.2) is 11.6 Å². The summed E-state index contributed by atoms with van der Waals surface area (Å²) in [6.45, 7) is 2.07. The Hall–Kier alpha value is -2.08. The van der Waals surface area contributed by atoms with E-state index >= 15 is 0 Å². The molecule has 6 heteroatoms. The molecule has 2 aliphatic rings. The van der Waals surface area contributed by atoms with Crippen LogP contribution in [0, 0.1) is 12.8 Å². The van der Waals surface area contributed by atoms with E-state index < -0.39 is 5.97 Å². The fourth-order valence-electron chi connectivity index (χ4n) is 3.71. The molecule has 0 saturated heterocycles. The van der Waals surface area contributed by atoms with Crippen molar-refractivity contribution in [2.45, 2.75) is 39.2 Å². The number of carbonyl (C=O) groups excluding carboxylic acids is 1. The lowest BCUT2D eigenvalue weighted by atomic mass is 9.94. The fraction of sp³-hybridized carbons (Fsp3) is 0.474. The van der Waals surface area contributed by atoms with Crippen molar-refractivity contribution in [2.24, 2.45) is 5.92 Å². The molecule has 5 nitrogen and oxygen atoms in total. The summed E-state index contributed by atoms with van der Waals surface area (Å²) < 4.78 is 15.8. The molecule has 0 aromatic heterocycles. The van der Waals surface area contributed by atoms with Crippen molar-refractivity contribution in [3.63, 3.8) is 0 Å². The lowest BCUT2D eigenvalue weighted by Crippen LogP contribution is -2.09. The van der Waals surface area contributed by atoms with Crippen molar-refractivity contribution in [1.82, 2.24) is 0 Å². The minimum Gasteiger partial charge on any atom is -0.507 e. The maximum absolute atomic E-state index is 11.9. The van der Waals surface area contributed by atoms with Gasteiger partial charge in [-0.15, -0.1) is 0 Å². The molecule has 1 fully saturated rings. The van der Waals surface area contributed by atoms with E-state index in [-0.39, 0.29) is 23.8 Å². The SMILES string of the molecule is COC(=S)[C@H]1CCC(=CCc2c(O)c3c(c(C)c2OC)COC3=O)C1. The molecule has 1 heterocycles. The highest BCUT2D eigenvalue weighted by atomic mass is 32.1. The van der Waals surface area contributed by atoms with Crippen LogP contribution in [0.1, 0.15) is 46.3 Å². The standard InChI is InChI=1S/C19H22O5S/c1-10-14-9-24-18(21)15(14)16(20)13(17(10)22-2)7-5-11-4-6-12(8-11)19(25)23-3/h5,12,20H,4,6-9H2,1-3H3/t12-/m0/s1. The van der Waals surface area contributed by atoms with E-state index in [1.54, 1.807) is 14.2 Å². The predicted octanol–water partition coefficient (Wildman–Crippen LogP) is 3.62. The summed E-state index contributed by atoms with van der Waals surface area (Å²) in [5, 5.41) is 11.3. The maximum Gasteiger partial charge on any atom is 0.342 e. The number of ether oxygens (including phenoxy) is 3. The van der Waals surface area contributed by atoms with Crippen LogP contribution in [0.4, 0.5) is 0 Å². The summed E-state index contributed by atoms with van der Waals surface area (Å²) in [7, 11) is 3.18. The zero-order chi connectivity index (χ0) is 18.1. The van der Waals surface area contributed by atoms with Gasteiger partial charge >= 0.3 is 5.97 Å². The maximum atomic E-state index is 11.9. The van der Waals surface area contributed by atoms with Crippen molar-refractivity contribution in [1.29, 1.82) is 0 Å². The van der Waals surface area contributed by atoms with Gasteiger partial charge in [-0.05, 0) is 50.4 Å². The minimum atomic E-state index is -0.474. The van der Waals surface area contributed by atoms with Gasteiger partial charge in [-0.3, -0.25) is 0 Å². The number of benzene rings is 1. The van der Waals surface area contributed by atoms with Gasteiger partial charge < -0.3 is 19.3 Å². The van der Waals surface area contributed by atoms with Crippen LogP contribution in [0.2, 0.25) is 0 Å². The monoisotopic (exact) mass is 362 g/mol. The number of hydrogen-bond acceptors (Lipinski definition) is 6. The molecular weight excluding hydrogens is 340 g/mol. The zero-order valence-corrected chi connectivity index (χ0v) is 15.5. The van der Waals surface area contributed by atoms with Gasteiger partial charge in [-0.2, -0.15) is 0 Å². The van der Waals surface area contributed by atoms with Crippen LogP contribution < -0.4 is 4.74 Å². The van der Waals surface area contributed by atoms with Gasteiger partial charge in [-0.1, -0.05) is 11.6 Å². The molecular formula is C19H22O5S. The molecule has 0 radical (unpaired) electrons. The Morgan fingerprint density at radius 2 is 2.20 bits per heavy atom. The predicted molar refractivity (Wildman–Crippen MR) is 97.3 cm³/mol. The summed E-state index contributed by atoms with van der Waals surface area (Å²) in [5.41, 5.74) is 3.74. The van der Waals surface area contributed by atoms with E-state index in [4.69, 9.17) is 26.4 Å². The summed E-state index contributed by atoms with van der Waals surface area (Å²) in [6, 6.07) is 0. The molecule has 3 rings (SSSR count). The number of carbonyl (C=O) groups is 1. The normalized spacial score (nSPS) is 20.5. The number of esters is 1. The highest BCUT2D eigenvalue weighted by Crippen LogP contribution is 2.42. The van der Waals surface area contributed by atoms with Crippen LogP contribution >= 0.6 is 12.2 Å². The third-order valence-electron chi connectivity index (χ3n) is 5.10. The van der Waals surface area contributed by atoms with Gasteiger partial charge in [0.15, 0.2) is 5.05 Å². The van der Waals surface area contributed by atoms with Gasteiger partial charge in [-0.25, -0.2) is 4.79 Å². The Morgan fingerprint density at radius 3 is 2.88 bits per heavy atom. The quantitative estimate of drug-likeness (QED) is 0.501. The van der Waals surface area contributed by atoms with E-state index in [0.717, 1.165) is 24.8 Å². The van der Waals surface area contributed by atoms with Gasteiger partial charge in [0.25, 0.3) is 0 Å². The van der Waals surface area contributed by atoms with Crippen molar-refractivity contribution in [3.8, 4) is 11.5 Å². The van der Waals surface area contributed by atoms with Crippen molar-refractivity contribution in [2.75, 3.05) is 14.2 Å². The minimum absolute atomic E-state index is 0.0289. The topological polar surface area (TPSA) is 65.0 Å². The number of fused-ring (bicyclic) bond motifs is 1. The molecule has 1 saturated carbocycles. The molecule has 1 aliphatic carbocycles. The summed E-state index contributed by atoms with van der Waals surface area (Å²) >= 11 is 5.23. The van der Waals surface area contributed by atoms with Crippen LogP contribution in [-0.2, 0) is 22.5 Å². The van der Waals surface area contributed by atoms with Crippen LogP contribution in [0.25, 0.3) is 0 Å². The Labute approximate surface area is 152 Å². The highest BCUT2D eigenvalue weighted by molar-refractivity contribution is 7.80. The number of thiocarbonyl (C=S) groups is 1. The van der Waals surface area contributed by atoms with Gasteiger partial charge in [0.2, 0.25) is 0 Å². The van der Waals surface area contributed by atoms with Gasteiger partial charge in [0.05, 0.1) is 14.2 Å². The lowest BCUT2D eigenvalue weighted by molar-refractivity contribution is 0.0533. The van der Waals surface area contributed by atoms with Crippen LogP contribution in [-0.4, -0.2) is 30.3 Å². The third-order valence-corrected chi connectivity index (χ3v) is 5.60. The average Bonchev–Trinajstić information content (AvgIpc) is 3.23. The molecule has 25 heavy (non-hydrogen) atoms. The smallest absolute Gasteiger partial charge is 0.342 e. The summed E-state index contributed by atoms with van der Waals surface area (Å²) in [4.78, 5) is 11.9. The molecule has 1 N–H and O–H groups in total. The van der Waals surface area contributed by atoms with Crippen molar-refractivity contribution in [3.05, 3.63) is 33.9 Å². The first-order valence-corrected chi connectivity index (χ1v) is 8.72. The first-order chi connectivity index (χ1) is 12.0. The largest absolute Gasteiger partial charge is 0.507 e. The van der Waals surface area contributed by atoms with E-state index in [0.29, 0.717) is 28.3 Å². The van der Waals surface area contributed by atoms with E-state index in [1.165, 1.54) is 5.57 Å². The number of aromatic hydroxyl groups is 1. The molecule has 1 atom stereocenters. The summed E-state index contributed by atoms with van der Waals surface area (Å²) in [5.74, 6) is 0.393. The second-order valence-corrected chi connectivity index (χ2v) is 6.85. The van der Waals surface area contributed by atoms with Crippen LogP contribution in [0.3, 0.4) is 0 Å². The number of methoxy groups -OCH3 is 2. The summed E-state index contributed by atoms with van der Waals surface area (Å²) in [6.07, 6.45) is 5.42. The number of hydrogen-bond donors (Lipinski definition) is 1. The molecule has 1 aromatic carbocycles. The molecule has 0 spiro atoms. The van der Waals surface area contributed by atoms with Crippen LogP contribution in [0.5, 0.6) is 11.5 Å².